The normalized spacial score (nSPS) is 41.5. The Kier molecular flexibility index (Phi) is 4.65. The Balaban J connectivity index is 2.60. The molecule has 1 heterocycles. The van der Waals surface area contributed by atoms with Crippen LogP contribution in [0.15, 0.2) is 12.7 Å². The van der Waals surface area contributed by atoms with E-state index in [1.54, 1.807) is 11.4 Å². The zero-order valence-corrected chi connectivity index (χ0v) is 8.36. The fraction of sp³-hybridized carbons (Fsp3) is 0.778. The Morgan fingerprint density at radius 1 is 1.20 bits per heavy atom. The molecule has 6 N–H and O–H groups in total. The lowest BCUT2D eigenvalue weighted by molar-refractivity contribution is -0.736. The molecule has 0 saturated carbocycles. The van der Waals surface area contributed by atoms with Gasteiger partial charge in [0.15, 0.2) is 6.10 Å². The number of aliphatic hydroxyl groups excluding tert-OH is 4. The molecule has 0 amide bonds. The van der Waals surface area contributed by atoms with Crippen LogP contribution < -0.4 is 5.32 Å². The van der Waals surface area contributed by atoms with Crippen molar-refractivity contribution in [3.63, 3.8) is 0 Å². The quantitative estimate of drug-likeness (QED) is 0.317. The number of hydrogen-bond acceptors (Lipinski definition) is 5. The maximum Gasteiger partial charge on any atom is 0.220 e. The molecule has 6 heteroatoms. The van der Waals surface area contributed by atoms with E-state index in [0.717, 1.165) is 0 Å². The Bertz CT molecular complexity index is 211. The summed E-state index contributed by atoms with van der Waals surface area (Å²) < 4.78 is 5.22. The molecule has 0 aromatic carbocycles. The van der Waals surface area contributed by atoms with Crippen molar-refractivity contribution in [3.8, 4) is 0 Å². The summed E-state index contributed by atoms with van der Waals surface area (Å²) in [6.45, 7) is 3.63. The van der Waals surface area contributed by atoms with Crippen molar-refractivity contribution in [1.82, 2.24) is 0 Å². The van der Waals surface area contributed by atoms with Crippen LogP contribution in [-0.4, -0.2) is 64.2 Å². The summed E-state index contributed by atoms with van der Waals surface area (Å²) in [6, 6.07) is 0. The van der Waals surface area contributed by atoms with Gasteiger partial charge in [0.1, 0.15) is 18.3 Å². The predicted molar refractivity (Wildman–Crippen MR) is 50.8 cm³/mol. The molecule has 1 aliphatic rings. The average Bonchev–Trinajstić information content (AvgIpc) is 2.25. The number of aliphatic hydroxyl groups is 4. The van der Waals surface area contributed by atoms with E-state index in [9.17, 15) is 15.3 Å². The standard InChI is InChI=1S/C9H17NO5/c1-2-3-10-9-8(14)7(13)6(12)5(4-11)15-9/h2,5-14H,1,3-4H2/p+1/t5-,6+,7+,8+,9+/m0/s1. The highest BCUT2D eigenvalue weighted by Gasteiger charge is 2.45. The van der Waals surface area contributed by atoms with Crippen LogP contribution in [0.4, 0.5) is 0 Å². The van der Waals surface area contributed by atoms with E-state index >= 15 is 0 Å². The van der Waals surface area contributed by atoms with Gasteiger partial charge in [-0.25, -0.2) is 0 Å². The lowest BCUT2D eigenvalue weighted by atomic mass is 9.98. The van der Waals surface area contributed by atoms with E-state index in [4.69, 9.17) is 9.84 Å². The summed E-state index contributed by atoms with van der Waals surface area (Å²) in [5.74, 6) is 0. The molecule has 1 saturated heterocycles. The molecule has 0 spiro atoms. The minimum Gasteiger partial charge on any atom is -0.394 e. The molecule has 88 valence electrons. The van der Waals surface area contributed by atoms with E-state index < -0.39 is 37.3 Å². The van der Waals surface area contributed by atoms with Crippen molar-refractivity contribution in [1.29, 1.82) is 0 Å². The zero-order valence-electron chi connectivity index (χ0n) is 8.36. The number of hydrogen-bond donors (Lipinski definition) is 5. The van der Waals surface area contributed by atoms with Gasteiger partial charge in [0.2, 0.25) is 6.23 Å². The third-order valence-electron chi connectivity index (χ3n) is 2.46. The van der Waals surface area contributed by atoms with Crippen LogP contribution in [0.3, 0.4) is 0 Å². The first-order valence-corrected chi connectivity index (χ1v) is 4.86. The molecule has 0 aliphatic carbocycles. The SMILES string of the molecule is C=CC[NH2+][C@@H]1O[C@@H](CO)[C@@H](O)[C@@H](O)[C@H]1O. The van der Waals surface area contributed by atoms with Crippen LogP contribution in [0, 0.1) is 0 Å². The van der Waals surface area contributed by atoms with Crippen molar-refractivity contribution < 1.29 is 30.5 Å². The molecule has 0 unspecified atom stereocenters. The topological polar surface area (TPSA) is 107 Å². The summed E-state index contributed by atoms with van der Waals surface area (Å²) in [7, 11) is 0. The maximum absolute atomic E-state index is 9.57. The largest absolute Gasteiger partial charge is 0.394 e. The predicted octanol–water partition coefficient (Wildman–Crippen LogP) is -3.46. The van der Waals surface area contributed by atoms with Gasteiger partial charge in [0.05, 0.1) is 13.2 Å². The van der Waals surface area contributed by atoms with Gasteiger partial charge in [-0.05, 0) is 6.08 Å². The van der Waals surface area contributed by atoms with Crippen LogP contribution in [0.25, 0.3) is 0 Å². The van der Waals surface area contributed by atoms with Gasteiger partial charge in [-0.2, -0.15) is 0 Å². The molecule has 0 radical (unpaired) electrons. The first-order valence-electron chi connectivity index (χ1n) is 4.86. The zero-order chi connectivity index (χ0) is 11.4. The van der Waals surface area contributed by atoms with Crippen molar-refractivity contribution in [2.24, 2.45) is 0 Å². The number of nitrogens with two attached hydrogens (primary N) is 1. The Morgan fingerprint density at radius 3 is 2.40 bits per heavy atom. The Hall–Kier alpha value is -0.500. The van der Waals surface area contributed by atoms with E-state index in [1.807, 2.05) is 0 Å². The van der Waals surface area contributed by atoms with Crippen LogP contribution in [0.5, 0.6) is 0 Å². The van der Waals surface area contributed by atoms with Gasteiger partial charge >= 0.3 is 0 Å². The molecule has 5 atom stereocenters. The second-order valence-electron chi connectivity index (χ2n) is 3.55. The summed E-state index contributed by atoms with van der Waals surface area (Å²) in [6.07, 6.45) is -3.68. The number of rotatable bonds is 4. The average molecular weight is 220 g/mol. The van der Waals surface area contributed by atoms with Crippen molar-refractivity contribution in [3.05, 3.63) is 12.7 Å². The highest BCUT2D eigenvalue weighted by Crippen LogP contribution is 2.17. The summed E-state index contributed by atoms with van der Waals surface area (Å²) in [5.41, 5.74) is 0. The molecular weight excluding hydrogens is 202 g/mol. The number of quaternary nitrogens is 1. The second kappa shape index (κ2) is 5.55. The molecule has 0 aromatic heterocycles. The van der Waals surface area contributed by atoms with Crippen LogP contribution in [0.2, 0.25) is 0 Å². The summed E-state index contributed by atoms with van der Waals surface area (Å²) in [5, 5.41) is 39.0. The Labute approximate surface area is 87.8 Å². The molecule has 6 nitrogen and oxygen atoms in total. The second-order valence-corrected chi connectivity index (χ2v) is 3.55. The van der Waals surface area contributed by atoms with E-state index in [2.05, 4.69) is 6.58 Å². The van der Waals surface area contributed by atoms with Gasteiger partial charge in [0.25, 0.3) is 0 Å². The fourth-order valence-electron chi connectivity index (χ4n) is 1.56. The number of ether oxygens (including phenoxy) is 1. The smallest absolute Gasteiger partial charge is 0.220 e. The van der Waals surface area contributed by atoms with Crippen molar-refractivity contribution in [2.45, 2.75) is 30.6 Å². The van der Waals surface area contributed by atoms with Gasteiger partial charge in [-0.15, -0.1) is 0 Å². The monoisotopic (exact) mass is 220 g/mol. The Morgan fingerprint density at radius 2 is 1.87 bits per heavy atom. The lowest BCUT2D eigenvalue weighted by Gasteiger charge is -2.38. The van der Waals surface area contributed by atoms with Crippen molar-refractivity contribution >= 4 is 0 Å². The van der Waals surface area contributed by atoms with Gasteiger partial charge in [-0.1, -0.05) is 6.58 Å². The maximum atomic E-state index is 9.57. The van der Waals surface area contributed by atoms with Crippen LogP contribution in [0.1, 0.15) is 0 Å². The third kappa shape index (κ3) is 2.75. The van der Waals surface area contributed by atoms with Gasteiger partial charge in [-0.3, -0.25) is 0 Å². The third-order valence-corrected chi connectivity index (χ3v) is 2.46. The highest BCUT2D eigenvalue weighted by atomic mass is 16.6. The highest BCUT2D eigenvalue weighted by molar-refractivity contribution is 4.88. The minimum absolute atomic E-state index is 0.399. The molecule has 1 rings (SSSR count). The fourth-order valence-corrected chi connectivity index (χ4v) is 1.56. The lowest BCUT2D eigenvalue weighted by Crippen LogP contribution is -2.95. The van der Waals surface area contributed by atoms with Crippen LogP contribution in [-0.2, 0) is 4.74 Å². The summed E-state index contributed by atoms with van der Waals surface area (Å²) in [4.78, 5) is 0. The van der Waals surface area contributed by atoms with E-state index in [-0.39, 0.29) is 0 Å². The molecule has 0 aromatic rings. The van der Waals surface area contributed by atoms with Gasteiger partial charge < -0.3 is 30.5 Å². The first-order chi connectivity index (χ1) is 7.11. The molecule has 1 fully saturated rings. The van der Waals surface area contributed by atoms with E-state index in [1.165, 1.54) is 0 Å². The van der Waals surface area contributed by atoms with Gasteiger partial charge in [0, 0.05) is 0 Å². The molecule has 15 heavy (non-hydrogen) atoms. The van der Waals surface area contributed by atoms with E-state index in [0.29, 0.717) is 6.54 Å². The summed E-state index contributed by atoms with van der Waals surface area (Å²) >= 11 is 0. The molecule has 1 aliphatic heterocycles. The molecular formula is C9H18NO5+. The first kappa shape index (κ1) is 12.6. The van der Waals surface area contributed by atoms with Crippen LogP contribution >= 0.6 is 0 Å². The molecule has 0 bridgehead atoms. The van der Waals surface area contributed by atoms with Crippen molar-refractivity contribution in [2.75, 3.05) is 13.2 Å². The minimum atomic E-state index is -1.30.